The number of fused-ring (bicyclic) bond motifs is 1. The molecule has 5 rings (SSSR count). The molecule has 1 atom stereocenters. The highest BCUT2D eigenvalue weighted by Crippen LogP contribution is 2.45. The molecule has 1 amide bonds. The molecule has 0 aromatic heterocycles. The number of allylic oxidation sites excluding steroid dienone is 1. The molecule has 0 bridgehead atoms. The van der Waals surface area contributed by atoms with Gasteiger partial charge in [0.1, 0.15) is 12.4 Å². The lowest BCUT2D eigenvalue weighted by Gasteiger charge is -2.37. The van der Waals surface area contributed by atoms with E-state index in [1.54, 1.807) is 6.92 Å². The van der Waals surface area contributed by atoms with Crippen molar-refractivity contribution in [1.29, 1.82) is 0 Å². The van der Waals surface area contributed by atoms with Crippen LogP contribution >= 0.6 is 11.8 Å². The van der Waals surface area contributed by atoms with Crippen molar-refractivity contribution < 1.29 is 19.1 Å². The van der Waals surface area contributed by atoms with Gasteiger partial charge in [0.05, 0.1) is 30.3 Å². The van der Waals surface area contributed by atoms with Crippen molar-refractivity contribution in [3.05, 3.63) is 88.1 Å². The van der Waals surface area contributed by atoms with Gasteiger partial charge in [0, 0.05) is 31.9 Å². The second-order valence-electron chi connectivity index (χ2n) is 9.82. The van der Waals surface area contributed by atoms with Gasteiger partial charge < -0.3 is 24.2 Å². The van der Waals surface area contributed by atoms with Gasteiger partial charge in [-0.3, -0.25) is 4.79 Å². The van der Waals surface area contributed by atoms with E-state index in [-0.39, 0.29) is 18.9 Å². The van der Waals surface area contributed by atoms with E-state index in [4.69, 9.17) is 14.5 Å². The van der Waals surface area contributed by atoms with Crippen LogP contribution in [0.4, 0.5) is 0 Å². The topological polar surface area (TPSA) is 74.7 Å². The maximum Gasteiger partial charge on any atom is 0.338 e. The minimum Gasteiger partial charge on any atom is -0.489 e. The van der Waals surface area contributed by atoms with E-state index in [2.05, 4.69) is 11.9 Å². The van der Waals surface area contributed by atoms with E-state index in [1.165, 1.54) is 11.8 Å². The number of nitrogens with zero attached hydrogens (tertiary/aromatic N) is 4. The van der Waals surface area contributed by atoms with Crippen LogP contribution < -0.4 is 4.74 Å². The number of esters is 1. The third-order valence-corrected chi connectivity index (χ3v) is 8.00. The van der Waals surface area contributed by atoms with Gasteiger partial charge in [0.15, 0.2) is 5.17 Å². The fourth-order valence-corrected chi connectivity index (χ4v) is 5.96. The van der Waals surface area contributed by atoms with Crippen LogP contribution in [0.5, 0.6) is 5.75 Å². The van der Waals surface area contributed by atoms with Crippen LogP contribution in [0.1, 0.15) is 37.4 Å². The lowest BCUT2D eigenvalue weighted by Crippen LogP contribution is -2.47. The maximum atomic E-state index is 13.3. The zero-order valence-corrected chi connectivity index (χ0v) is 23.4. The predicted molar refractivity (Wildman–Crippen MR) is 153 cm³/mol. The van der Waals surface area contributed by atoms with Gasteiger partial charge >= 0.3 is 5.97 Å². The first-order chi connectivity index (χ1) is 18.9. The van der Waals surface area contributed by atoms with Gasteiger partial charge in [0.2, 0.25) is 5.91 Å². The first-order valence-corrected chi connectivity index (χ1v) is 14.2. The Morgan fingerprint density at radius 2 is 1.82 bits per heavy atom. The molecule has 9 heteroatoms. The Balaban J connectivity index is 1.44. The molecule has 3 heterocycles. The Labute approximate surface area is 234 Å². The number of benzene rings is 2. The maximum absolute atomic E-state index is 13.3. The lowest BCUT2D eigenvalue weighted by molar-refractivity contribution is -0.139. The average Bonchev–Trinajstić information content (AvgIpc) is 3.34. The minimum atomic E-state index is -0.488. The summed E-state index contributed by atoms with van der Waals surface area (Å²) < 4.78 is 11.6. The smallest absolute Gasteiger partial charge is 0.338 e. The molecule has 0 spiro atoms. The Kier molecular flexibility index (Phi) is 8.38. The molecular weight excluding hydrogens is 512 g/mol. The van der Waals surface area contributed by atoms with Crippen LogP contribution in [0.15, 0.2) is 82.0 Å². The van der Waals surface area contributed by atoms with Crippen molar-refractivity contribution in [2.45, 2.75) is 32.9 Å². The summed E-state index contributed by atoms with van der Waals surface area (Å²) in [6, 6.07) is 17.3. The Morgan fingerprint density at radius 3 is 2.56 bits per heavy atom. The number of piperazine rings is 1. The third kappa shape index (κ3) is 6.04. The number of rotatable bonds is 8. The van der Waals surface area contributed by atoms with E-state index in [0.717, 1.165) is 35.1 Å². The molecule has 3 aliphatic rings. The van der Waals surface area contributed by atoms with E-state index in [1.807, 2.05) is 76.7 Å². The number of hydrogen-bond acceptors (Lipinski definition) is 8. The molecular formula is C30H34N4O4S. The monoisotopic (exact) mass is 546 g/mol. The van der Waals surface area contributed by atoms with E-state index >= 15 is 0 Å². The van der Waals surface area contributed by atoms with Crippen LogP contribution in [-0.4, -0.2) is 71.6 Å². The summed E-state index contributed by atoms with van der Waals surface area (Å²) in [7, 11) is 2.07. The van der Waals surface area contributed by atoms with Crippen molar-refractivity contribution in [2.24, 2.45) is 4.99 Å². The van der Waals surface area contributed by atoms with Crippen LogP contribution in [-0.2, 0) is 20.9 Å². The number of carbonyl (C=O) groups excluding carboxylic acids is 2. The van der Waals surface area contributed by atoms with Crippen molar-refractivity contribution in [3.8, 4) is 5.75 Å². The Bertz CT molecular complexity index is 1320. The van der Waals surface area contributed by atoms with E-state index < -0.39 is 12.0 Å². The van der Waals surface area contributed by atoms with Crippen LogP contribution in [0, 0.1) is 0 Å². The molecule has 1 fully saturated rings. The SMILES string of the molecule is CCOC(=O)C1=C(C)N=C2SC=C(CC(=O)N3CCN(C)CC3)N2[C@H]1c1cccc(OCc2ccccc2)c1. The Hall–Kier alpha value is -3.56. The van der Waals surface area contributed by atoms with Crippen LogP contribution in [0.2, 0.25) is 0 Å². The molecule has 2 aromatic carbocycles. The van der Waals surface area contributed by atoms with Crippen LogP contribution in [0.25, 0.3) is 0 Å². The summed E-state index contributed by atoms with van der Waals surface area (Å²) in [6.07, 6.45) is 0.242. The molecule has 1 saturated heterocycles. The molecule has 0 N–H and O–H groups in total. The largest absolute Gasteiger partial charge is 0.489 e. The normalized spacial score (nSPS) is 19.4. The second-order valence-corrected chi connectivity index (χ2v) is 10.7. The van der Waals surface area contributed by atoms with Gasteiger partial charge in [0.25, 0.3) is 0 Å². The van der Waals surface area contributed by atoms with E-state index in [0.29, 0.717) is 36.7 Å². The summed E-state index contributed by atoms with van der Waals surface area (Å²) in [5, 5.41) is 2.74. The lowest BCUT2D eigenvalue weighted by atomic mass is 9.93. The van der Waals surface area contributed by atoms with Gasteiger partial charge in [-0.25, -0.2) is 9.79 Å². The summed E-state index contributed by atoms with van der Waals surface area (Å²) in [6.45, 7) is 7.50. The van der Waals surface area contributed by atoms with Crippen LogP contribution in [0.3, 0.4) is 0 Å². The number of aliphatic imine (C=N–C) groups is 1. The Morgan fingerprint density at radius 1 is 1.05 bits per heavy atom. The highest BCUT2D eigenvalue weighted by atomic mass is 32.2. The average molecular weight is 547 g/mol. The minimum absolute atomic E-state index is 0.0823. The summed E-state index contributed by atoms with van der Waals surface area (Å²) in [5.41, 5.74) is 3.86. The first-order valence-electron chi connectivity index (χ1n) is 13.3. The zero-order valence-electron chi connectivity index (χ0n) is 22.6. The molecule has 204 valence electrons. The molecule has 2 aromatic rings. The van der Waals surface area contributed by atoms with Crippen molar-refractivity contribution in [2.75, 3.05) is 39.8 Å². The van der Waals surface area contributed by atoms with Crippen molar-refractivity contribution in [1.82, 2.24) is 14.7 Å². The standard InChI is InChI=1S/C30H34N4O4S/c1-4-37-29(36)27-21(2)31-30-34(24(20-39-30)18-26(35)33-15-13-32(3)14-16-33)28(27)23-11-8-12-25(17-23)38-19-22-9-6-5-7-10-22/h5-12,17,20,28H,4,13-16,18-19H2,1-3H3/t28-/m0/s1. The summed E-state index contributed by atoms with van der Waals surface area (Å²) in [5.74, 6) is 0.381. The van der Waals surface area contributed by atoms with Gasteiger partial charge in [-0.05, 0) is 49.6 Å². The van der Waals surface area contributed by atoms with E-state index in [9.17, 15) is 9.59 Å². The number of thioether (sulfide) groups is 1. The predicted octanol–water partition coefficient (Wildman–Crippen LogP) is 4.57. The van der Waals surface area contributed by atoms with Gasteiger partial charge in [-0.1, -0.05) is 54.2 Å². The van der Waals surface area contributed by atoms with Crippen molar-refractivity contribution in [3.63, 3.8) is 0 Å². The highest BCUT2D eigenvalue weighted by Gasteiger charge is 2.41. The van der Waals surface area contributed by atoms with Gasteiger partial charge in [-0.15, -0.1) is 0 Å². The fraction of sp³-hybridized carbons (Fsp3) is 0.367. The summed E-state index contributed by atoms with van der Waals surface area (Å²) in [4.78, 5) is 37.5. The highest BCUT2D eigenvalue weighted by molar-refractivity contribution is 8.16. The first kappa shape index (κ1) is 27.0. The number of amidine groups is 1. The number of ether oxygens (including phenoxy) is 2. The molecule has 39 heavy (non-hydrogen) atoms. The second kappa shape index (κ2) is 12.1. The molecule has 8 nitrogen and oxygen atoms in total. The quantitative estimate of drug-likeness (QED) is 0.449. The molecule has 0 unspecified atom stereocenters. The third-order valence-electron chi connectivity index (χ3n) is 7.11. The number of carbonyl (C=O) groups is 2. The summed E-state index contributed by atoms with van der Waals surface area (Å²) >= 11 is 1.48. The fourth-order valence-electron chi connectivity index (χ4n) is 4.99. The van der Waals surface area contributed by atoms with Crippen molar-refractivity contribution >= 4 is 28.8 Å². The molecule has 0 saturated carbocycles. The molecule has 3 aliphatic heterocycles. The molecule has 0 aliphatic carbocycles. The zero-order chi connectivity index (χ0) is 27.4. The number of hydrogen-bond donors (Lipinski definition) is 0. The van der Waals surface area contributed by atoms with Gasteiger partial charge in [-0.2, -0.15) is 0 Å². The molecule has 0 radical (unpaired) electrons. The number of likely N-dealkylation sites (N-methyl/N-ethyl adjacent to an activating group) is 1. The number of amides is 1.